The Hall–Kier alpha value is -5.62. The number of benzene rings is 3. The summed E-state index contributed by atoms with van der Waals surface area (Å²) in [6.07, 6.45) is 4.85. The molecule has 4 aliphatic heterocycles. The van der Waals surface area contributed by atoms with Crippen LogP contribution in [-0.2, 0) is 54.6 Å². The monoisotopic (exact) mass is 1170 g/mol. The van der Waals surface area contributed by atoms with Crippen molar-refractivity contribution in [2.75, 3.05) is 57.0 Å². The van der Waals surface area contributed by atoms with E-state index in [9.17, 15) is 38.2 Å². The van der Waals surface area contributed by atoms with Gasteiger partial charge in [0, 0.05) is 85.3 Å². The number of phosphoric ester groups is 1. The van der Waals surface area contributed by atoms with Crippen molar-refractivity contribution < 1.29 is 65.8 Å². The van der Waals surface area contributed by atoms with E-state index in [0.29, 0.717) is 35.4 Å². The van der Waals surface area contributed by atoms with E-state index < -0.39 is 48.5 Å². The second-order valence-corrected chi connectivity index (χ2v) is 27.2. The van der Waals surface area contributed by atoms with Crippen molar-refractivity contribution in [3.63, 3.8) is 0 Å². The number of hydrogen-bond donors (Lipinski definition) is 7. The number of carbonyl (C=O) groups is 2. The molecule has 6 heterocycles. The van der Waals surface area contributed by atoms with Crippen LogP contribution in [0.4, 0.5) is 11.5 Å². The zero-order valence-electron chi connectivity index (χ0n) is 46.4. The highest BCUT2D eigenvalue weighted by molar-refractivity contribution is 7.66. The summed E-state index contributed by atoms with van der Waals surface area (Å²) in [6.45, 7) is 16.6. The van der Waals surface area contributed by atoms with Crippen molar-refractivity contribution in [1.29, 1.82) is 0 Å². The van der Waals surface area contributed by atoms with Gasteiger partial charge in [-0.25, -0.2) is 28.2 Å². The number of fused-ring (bicyclic) bond motifs is 5. The van der Waals surface area contributed by atoms with E-state index in [1.54, 1.807) is 18.1 Å². The molecular weight excluding hydrogens is 1100 g/mol. The maximum atomic E-state index is 14.9. The fourth-order valence-electron chi connectivity index (χ4n) is 13.2. The number of aromatic nitrogens is 3. The van der Waals surface area contributed by atoms with Gasteiger partial charge < -0.3 is 54.8 Å². The average molecular weight is 1170 g/mol. The predicted octanol–water partition coefficient (Wildman–Crippen LogP) is 5.41. The molecule has 5 aliphatic rings. The van der Waals surface area contributed by atoms with Crippen LogP contribution in [0.5, 0.6) is 0 Å². The van der Waals surface area contributed by atoms with Crippen LogP contribution < -0.4 is 31.1 Å². The Bertz CT molecular complexity index is 3730. The van der Waals surface area contributed by atoms with Crippen molar-refractivity contribution in [3.05, 3.63) is 116 Å². The number of phosphoric acid groups is 3. The van der Waals surface area contributed by atoms with E-state index >= 15 is 0 Å². The minimum absolute atomic E-state index is 0.00681. The van der Waals surface area contributed by atoms with Gasteiger partial charge in [0.05, 0.1) is 30.2 Å². The second-order valence-electron chi connectivity index (χ2n) is 22.8. The summed E-state index contributed by atoms with van der Waals surface area (Å²) in [5, 5.41) is 16.6. The maximum absolute atomic E-state index is 14.9. The highest BCUT2D eigenvalue weighted by Gasteiger charge is 2.45. The first-order valence-corrected chi connectivity index (χ1v) is 31.8. The van der Waals surface area contributed by atoms with Crippen molar-refractivity contribution in [3.8, 4) is 11.8 Å². The third-order valence-corrected chi connectivity index (χ3v) is 20.2. The van der Waals surface area contributed by atoms with Gasteiger partial charge in [0.25, 0.3) is 5.91 Å². The normalized spacial score (nSPS) is 22.1. The van der Waals surface area contributed by atoms with E-state index in [4.69, 9.17) is 20.3 Å². The van der Waals surface area contributed by atoms with Gasteiger partial charge >= 0.3 is 23.5 Å². The first-order chi connectivity index (χ1) is 38.2. The zero-order valence-corrected chi connectivity index (χ0v) is 49.1. The van der Waals surface area contributed by atoms with Crippen molar-refractivity contribution in [2.24, 2.45) is 0 Å². The molecule has 0 bridgehead atoms. The number of aryl methyl sites for hydroxylation is 1. The summed E-state index contributed by atoms with van der Waals surface area (Å²) >= 11 is 0. The number of nitrogens with one attached hydrogen (secondary N) is 1. The summed E-state index contributed by atoms with van der Waals surface area (Å²) in [5.74, 6) is 5.93. The highest BCUT2D eigenvalue weighted by atomic mass is 31.3. The van der Waals surface area contributed by atoms with E-state index in [0.717, 1.165) is 62.9 Å². The predicted molar refractivity (Wildman–Crippen MR) is 302 cm³/mol. The van der Waals surface area contributed by atoms with Crippen LogP contribution in [-0.4, -0.2) is 120 Å². The molecular formula is C56H70N8O14P3+. The molecule has 1 saturated heterocycles. The first-order valence-electron chi connectivity index (χ1n) is 27.3. The number of amides is 2. The molecule has 1 aliphatic carbocycles. The zero-order chi connectivity index (χ0) is 58.1. The Morgan fingerprint density at radius 1 is 1.00 bits per heavy atom. The van der Waals surface area contributed by atoms with Gasteiger partial charge in [0.1, 0.15) is 43.2 Å². The molecule has 0 saturated carbocycles. The van der Waals surface area contributed by atoms with Crippen LogP contribution >= 0.6 is 23.5 Å². The molecule has 2 amide bonds. The fourth-order valence-corrected chi connectivity index (χ4v) is 16.2. The lowest BCUT2D eigenvalue weighted by Gasteiger charge is -2.48. The Labute approximate surface area is 469 Å². The Morgan fingerprint density at radius 3 is 2.48 bits per heavy atom. The molecule has 0 spiro atoms. The molecule has 5 aromatic rings. The molecule has 2 aromatic heterocycles. The molecule has 3 aromatic carbocycles. The quantitative estimate of drug-likeness (QED) is 0.0369. The van der Waals surface area contributed by atoms with Gasteiger partial charge in [0.15, 0.2) is 0 Å². The number of anilines is 2. The lowest BCUT2D eigenvalue weighted by atomic mass is 9.64. The topological polar surface area (TPSA) is 302 Å². The smallest absolute Gasteiger partial charge is 0.390 e. The molecule has 8 N–H and O–H groups in total. The van der Waals surface area contributed by atoms with Gasteiger partial charge in [-0.05, 0) is 115 Å². The molecule has 22 nitrogen and oxygen atoms in total. The molecule has 10 rings (SSSR count). The lowest BCUT2D eigenvalue weighted by molar-refractivity contribution is -0.121. The van der Waals surface area contributed by atoms with Crippen LogP contribution in [0.25, 0.3) is 16.6 Å². The standard InChI is InChI=1S/C56H69N8O14P3/c1-8-64-43-27-42-40(26-39(43)33(2)29-55(64,3)4)49(41-25-34-16-12-23-62-24-13-19-38(51(34)62)50(41)56(42,5)6)36-17-9-10-18-37(36)54(67)61(7)22-14-20-46(66)58-21-11-15-35-30-63(53-48(35)52(57)59-32-60-53)47-28-44(65)45(76-47)31-75-80(71,72)78-81(73,74)77-79(68,69)70/h9-10,17-18,25-27,30,32-33,44-45,47,65H,8,12-14,16,19-24,28-29,31H2,1-7H3,(H6-,57,58,59,60,66,68,69,70,71,72,73,74)/p+1/t33?,44-,45+,47+/m0/s1. The van der Waals surface area contributed by atoms with Crippen LogP contribution in [0, 0.1) is 11.8 Å². The third-order valence-electron chi connectivity index (χ3n) is 16.4. The number of carbonyl (C=O) groups excluding carboxylic acids is 2. The van der Waals surface area contributed by atoms with Crippen LogP contribution in [0.15, 0.2) is 55.0 Å². The summed E-state index contributed by atoms with van der Waals surface area (Å²) < 4.78 is 57.2. The molecule has 6 atom stereocenters. The summed E-state index contributed by atoms with van der Waals surface area (Å²) in [7, 11) is -15.1. The molecule has 432 valence electrons. The van der Waals surface area contributed by atoms with E-state index in [-0.39, 0.29) is 53.6 Å². The van der Waals surface area contributed by atoms with E-state index in [1.165, 1.54) is 60.5 Å². The summed E-state index contributed by atoms with van der Waals surface area (Å²) in [4.78, 5) is 77.8. The van der Waals surface area contributed by atoms with Crippen molar-refractivity contribution >= 4 is 63.4 Å². The van der Waals surface area contributed by atoms with Crippen molar-refractivity contribution in [2.45, 2.75) is 128 Å². The van der Waals surface area contributed by atoms with Gasteiger partial charge in [-0.3, -0.25) is 14.1 Å². The number of aliphatic hydroxyl groups excluding tert-OH is 1. The SMILES string of the molecule is CCN1c2cc3c(cc2C(C)CC1(C)C)C(c1ccccc1C(=O)N(C)CCCC(=O)NCC#Cc1cn([C@H]2C[C@H](O)[C@@H](COP(=O)(O)OP(=O)(O)OP(=O)(O)O)O2)c2ncnc(N)c12)=c1cc2c4c(c1C3(C)C)CCC[N+]=4CCC2. The fraction of sp³-hybridized carbons (Fsp3) is 0.482. The van der Waals surface area contributed by atoms with Gasteiger partial charge in [-0.1, -0.05) is 50.8 Å². The summed E-state index contributed by atoms with van der Waals surface area (Å²) in [5.41, 5.74) is 18.5. The Morgan fingerprint density at radius 2 is 1.74 bits per heavy atom. The summed E-state index contributed by atoms with van der Waals surface area (Å²) in [6, 6.07) is 15.4. The number of nitrogen functional groups attached to an aromatic ring is 1. The number of hydrogen-bond acceptors (Lipinski definition) is 14. The Kier molecular flexibility index (Phi) is 16.0. The average Bonchev–Trinajstić information content (AvgIpc) is 4.16. The van der Waals surface area contributed by atoms with Crippen LogP contribution in [0.3, 0.4) is 0 Å². The molecule has 81 heavy (non-hydrogen) atoms. The van der Waals surface area contributed by atoms with E-state index in [1.807, 2.05) is 18.2 Å². The van der Waals surface area contributed by atoms with Crippen LogP contribution in [0.1, 0.15) is 147 Å². The first kappa shape index (κ1) is 58.6. The number of ether oxygens (including phenoxy) is 1. The molecule has 25 heteroatoms. The van der Waals surface area contributed by atoms with Gasteiger partial charge in [-0.2, -0.15) is 8.62 Å². The van der Waals surface area contributed by atoms with Crippen LogP contribution in [0.2, 0.25) is 0 Å². The Balaban J connectivity index is 0.839. The molecule has 0 radical (unpaired) electrons. The minimum Gasteiger partial charge on any atom is -0.390 e. The largest absolute Gasteiger partial charge is 0.490 e. The maximum Gasteiger partial charge on any atom is 0.490 e. The van der Waals surface area contributed by atoms with Crippen molar-refractivity contribution in [1.82, 2.24) is 29.3 Å². The number of aliphatic hydroxyl groups is 1. The van der Waals surface area contributed by atoms with Gasteiger partial charge in [0.2, 0.25) is 11.3 Å². The number of nitrogens with zero attached hydrogens (tertiary/aromatic N) is 6. The lowest BCUT2D eigenvalue weighted by Crippen LogP contribution is -2.50. The van der Waals surface area contributed by atoms with Gasteiger partial charge in [-0.15, -0.1) is 0 Å². The van der Waals surface area contributed by atoms with E-state index in [2.05, 4.69) is 116 Å². The highest BCUT2D eigenvalue weighted by Crippen LogP contribution is 2.66. The second kappa shape index (κ2) is 22.2. The minimum atomic E-state index is -5.76. The molecule has 1 fully saturated rings. The molecule has 3 unspecified atom stereocenters. The third kappa shape index (κ3) is 11.6. The number of nitrogens with two attached hydrogens (primary N) is 1. The number of rotatable bonds is 16.